The average molecular weight is 130 g/mol. The molecule has 0 aromatic rings. The molecule has 0 fully saturated rings. The first-order valence-electron chi connectivity index (χ1n) is 0.144. The van der Waals surface area contributed by atoms with Gasteiger partial charge < -0.3 is 12.4 Å². The second kappa shape index (κ2) is 23.2. The fraction of sp³-hybridized carbons (Fsp3) is 0. The van der Waals surface area contributed by atoms with E-state index in [1.54, 1.807) is 0 Å². The van der Waals surface area contributed by atoms with E-state index < -0.39 is 0 Å². The molecule has 1 nitrogen and oxygen atoms in total. The molecule has 22 valence electrons. The van der Waals surface area contributed by atoms with Crippen molar-refractivity contribution in [2.75, 3.05) is 0 Å². The zero-order valence-electron chi connectivity index (χ0n) is 2.14. The van der Waals surface area contributed by atoms with Gasteiger partial charge in [-0.05, 0) is 0 Å². The standard InChI is InChI=1S/ClH.Fe.Na.O/h1H;;;/q;;+1;/p-1. The summed E-state index contributed by atoms with van der Waals surface area (Å²) in [6, 6.07) is 0. The molecule has 0 N–H and O–H groups in total. The summed E-state index contributed by atoms with van der Waals surface area (Å²) in [5.41, 5.74) is 0. The number of hydrogen-bond donors (Lipinski definition) is 0. The Bertz CT molecular complexity index is 8.00. The van der Waals surface area contributed by atoms with Crippen LogP contribution in [0.5, 0.6) is 0 Å². The summed E-state index contributed by atoms with van der Waals surface area (Å²) in [5, 5.41) is 0. The Balaban J connectivity index is -0.00000000500. The van der Waals surface area contributed by atoms with Crippen molar-refractivity contribution in [2.45, 2.75) is 0 Å². The summed E-state index contributed by atoms with van der Waals surface area (Å²) in [5.74, 6) is 0. The number of rotatable bonds is 0. The van der Waals surface area contributed by atoms with Gasteiger partial charge in [-0.1, -0.05) is 0 Å². The fourth-order valence-corrected chi connectivity index (χ4v) is 0. The summed E-state index contributed by atoms with van der Waals surface area (Å²) < 4.78 is 8.00. The second-order valence-corrected chi connectivity index (χ2v) is 0. The van der Waals surface area contributed by atoms with Crippen LogP contribution < -0.4 is 42.0 Å². The Morgan fingerprint density at radius 3 is 1.25 bits per heavy atom. The van der Waals surface area contributed by atoms with Crippen molar-refractivity contribution in [2.24, 2.45) is 0 Å². The molecule has 4 heteroatoms. The zero-order chi connectivity index (χ0) is 2.00. The van der Waals surface area contributed by atoms with E-state index in [0.717, 1.165) is 0 Å². The molecule has 4 heavy (non-hydrogen) atoms. The van der Waals surface area contributed by atoms with Gasteiger partial charge in [-0.25, -0.2) is 0 Å². The Hall–Kier alpha value is 1.61. The van der Waals surface area contributed by atoms with E-state index in [0.29, 0.717) is 0 Å². The maximum absolute atomic E-state index is 8.00. The molecular formula is ClFeNaO. The van der Waals surface area contributed by atoms with Crippen LogP contribution in [0.15, 0.2) is 0 Å². The number of hydrogen-bond acceptors (Lipinski definition) is 1. The van der Waals surface area contributed by atoms with Gasteiger partial charge in [0.2, 0.25) is 0 Å². The van der Waals surface area contributed by atoms with Crippen LogP contribution >= 0.6 is 0 Å². The zero-order valence-corrected chi connectivity index (χ0v) is 6.00. The van der Waals surface area contributed by atoms with Crippen LogP contribution in [0.3, 0.4) is 0 Å². The van der Waals surface area contributed by atoms with Gasteiger partial charge in [-0.2, -0.15) is 0 Å². The van der Waals surface area contributed by atoms with Crippen molar-refractivity contribution in [1.29, 1.82) is 0 Å². The van der Waals surface area contributed by atoms with Gasteiger partial charge in [0, 0.05) is 0 Å². The van der Waals surface area contributed by atoms with Crippen molar-refractivity contribution in [3.63, 3.8) is 0 Å². The van der Waals surface area contributed by atoms with Gasteiger partial charge in [0.25, 0.3) is 0 Å². The SMILES string of the molecule is [Cl-].[Na+].[O]=[Fe]. The van der Waals surface area contributed by atoms with Crippen LogP contribution in [0.4, 0.5) is 0 Å². The third-order valence-corrected chi connectivity index (χ3v) is 0. The predicted molar refractivity (Wildman–Crippen MR) is 0.686 cm³/mol. The van der Waals surface area contributed by atoms with Gasteiger partial charge in [-0.3, -0.25) is 0 Å². The molecule has 0 unspecified atom stereocenters. The molecule has 0 aliphatic heterocycles. The van der Waals surface area contributed by atoms with Crippen LogP contribution in [0, 0.1) is 0 Å². The van der Waals surface area contributed by atoms with Crippen LogP contribution in [0.25, 0.3) is 0 Å². The molecule has 0 saturated heterocycles. The first-order valence-corrected chi connectivity index (χ1v) is 0.595. The molecule has 0 heterocycles. The minimum atomic E-state index is 0. The minimum absolute atomic E-state index is 0. The summed E-state index contributed by atoms with van der Waals surface area (Å²) in [6.45, 7) is 0. The Morgan fingerprint density at radius 2 is 1.25 bits per heavy atom. The third kappa shape index (κ3) is 9.49. The summed E-state index contributed by atoms with van der Waals surface area (Å²) in [6.07, 6.45) is 0. The van der Waals surface area contributed by atoms with Crippen LogP contribution in [-0.4, -0.2) is 0 Å². The normalized spacial score (nSPS) is 1.25. The summed E-state index contributed by atoms with van der Waals surface area (Å²) in [7, 11) is 0. The van der Waals surface area contributed by atoms with Crippen molar-refractivity contribution >= 4 is 0 Å². The second-order valence-electron chi connectivity index (χ2n) is 0. The van der Waals surface area contributed by atoms with Crippen molar-refractivity contribution < 1.29 is 61.7 Å². The topological polar surface area (TPSA) is 17.1 Å². The average Bonchev–Trinajstić information content (AvgIpc) is 1.00. The Kier molecular flexibility index (Phi) is 101. The molecule has 0 spiro atoms. The first-order chi connectivity index (χ1) is 1.00. The summed E-state index contributed by atoms with van der Waals surface area (Å²) in [4.78, 5) is 0. The van der Waals surface area contributed by atoms with Gasteiger partial charge in [-0.15, -0.1) is 0 Å². The van der Waals surface area contributed by atoms with E-state index in [2.05, 4.69) is 0 Å². The molecule has 0 saturated carbocycles. The molecular weight excluding hydrogens is 130 g/mol. The van der Waals surface area contributed by atoms with Crippen molar-refractivity contribution in [3.05, 3.63) is 0 Å². The Morgan fingerprint density at radius 1 is 1.25 bits per heavy atom. The first kappa shape index (κ1) is 17.5. The molecule has 0 bridgehead atoms. The number of halogens is 1. The quantitative estimate of drug-likeness (QED) is 0.298. The van der Waals surface area contributed by atoms with E-state index in [4.69, 9.17) is 3.83 Å². The molecule has 0 radical (unpaired) electrons. The molecule has 0 rings (SSSR count). The molecule has 0 aliphatic rings. The van der Waals surface area contributed by atoms with Gasteiger partial charge in [0.1, 0.15) is 0 Å². The molecule has 0 aliphatic carbocycles. The van der Waals surface area contributed by atoms with Crippen LogP contribution in [0.2, 0.25) is 0 Å². The molecule has 0 atom stereocenters. The monoisotopic (exact) mass is 130 g/mol. The van der Waals surface area contributed by atoms with Gasteiger partial charge >= 0.3 is 49.3 Å². The Labute approximate surface area is 61.2 Å². The van der Waals surface area contributed by atoms with E-state index in [-0.39, 0.29) is 42.0 Å². The molecule has 0 aromatic heterocycles. The molecule has 0 aromatic carbocycles. The predicted octanol–water partition coefficient (Wildman–Crippen LogP) is -6.11. The van der Waals surface area contributed by atoms with Crippen LogP contribution in [-0.2, 0) is 19.8 Å². The van der Waals surface area contributed by atoms with Gasteiger partial charge in [0.15, 0.2) is 0 Å². The van der Waals surface area contributed by atoms with Crippen molar-refractivity contribution in [1.82, 2.24) is 0 Å². The van der Waals surface area contributed by atoms with E-state index >= 15 is 0 Å². The third-order valence-electron chi connectivity index (χ3n) is 0. The van der Waals surface area contributed by atoms with Crippen molar-refractivity contribution in [3.8, 4) is 0 Å². The van der Waals surface area contributed by atoms with E-state index in [9.17, 15) is 0 Å². The van der Waals surface area contributed by atoms with E-state index in [1.165, 1.54) is 0 Å². The maximum atomic E-state index is 8.00. The molecule has 0 amide bonds. The van der Waals surface area contributed by atoms with Crippen LogP contribution in [0.1, 0.15) is 0 Å². The van der Waals surface area contributed by atoms with Gasteiger partial charge in [0.05, 0.1) is 0 Å². The van der Waals surface area contributed by atoms with E-state index in [1.807, 2.05) is 15.9 Å². The fourth-order valence-electron chi connectivity index (χ4n) is 0. The summed E-state index contributed by atoms with van der Waals surface area (Å²) >= 11 is 2.00.